The van der Waals surface area contributed by atoms with Crippen LogP contribution in [0.3, 0.4) is 0 Å². The Kier molecular flexibility index (Phi) is 2.27. The highest BCUT2D eigenvalue weighted by Crippen LogP contribution is 2.03. The van der Waals surface area contributed by atoms with Crippen LogP contribution in [0.25, 0.3) is 0 Å². The van der Waals surface area contributed by atoms with Crippen LogP contribution < -0.4 is 0 Å². The molecule has 2 heterocycles. The van der Waals surface area contributed by atoms with Gasteiger partial charge in [0.25, 0.3) is 6.02 Å². The van der Waals surface area contributed by atoms with E-state index in [1.807, 2.05) is 6.08 Å². The summed E-state index contributed by atoms with van der Waals surface area (Å²) in [6, 6.07) is 0.737. The van der Waals surface area contributed by atoms with Gasteiger partial charge in [-0.2, -0.15) is 0 Å². The van der Waals surface area contributed by atoms with Crippen LogP contribution in [0.15, 0.2) is 17.3 Å². The second kappa shape index (κ2) is 3.58. The van der Waals surface area contributed by atoms with E-state index in [1.54, 1.807) is 6.26 Å². The summed E-state index contributed by atoms with van der Waals surface area (Å²) in [5, 5.41) is 0. The van der Waals surface area contributed by atoms with E-state index >= 15 is 0 Å². The Balaban J connectivity index is 1.93. The van der Waals surface area contributed by atoms with Gasteiger partial charge in [-0.1, -0.05) is 0 Å². The lowest BCUT2D eigenvalue weighted by Crippen LogP contribution is -2.41. The molecule has 0 aromatic rings. The van der Waals surface area contributed by atoms with Crippen molar-refractivity contribution in [1.82, 2.24) is 4.90 Å². The van der Waals surface area contributed by atoms with Crippen molar-refractivity contribution in [2.24, 2.45) is 4.99 Å². The molecule has 0 bridgehead atoms. The number of rotatable bonds is 0. The maximum absolute atomic E-state index is 5.26. The van der Waals surface area contributed by atoms with Crippen LogP contribution in [0.1, 0.15) is 0 Å². The molecule has 0 atom stereocenters. The summed E-state index contributed by atoms with van der Waals surface area (Å²) < 4.78 is 10.5. The summed E-state index contributed by atoms with van der Waals surface area (Å²) in [6.07, 6.45) is 3.59. The molecule has 4 heteroatoms. The van der Waals surface area contributed by atoms with E-state index in [0.29, 0.717) is 0 Å². The van der Waals surface area contributed by atoms with Crippen molar-refractivity contribution in [1.29, 1.82) is 0 Å². The molecule has 0 aromatic heterocycles. The Morgan fingerprint density at radius 1 is 1.33 bits per heavy atom. The standard InChI is InChI=1S/C8H12N2O2/c1-2-9-8(12-5-1)10-3-6-11-7-4-10/h1,5H,2-4,6-7H2. The topological polar surface area (TPSA) is 34.1 Å². The molecule has 2 aliphatic rings. The van der Waals surface area contributed by atoms with Crippen LogP contribution in [0.4, 0.5) is 0 Å². The van der Waals surface area contributed by atoms with Crippen LogP contribution in [0, 0.1) is 0 Å². The van der Waals surface area contributed by atoms with Gasteiger partial charge in [0, 0.05) is 13.1 Å². The van der Waals surface area contributed by atoms with E-state index in [4.69, 9.17) is 9.47 Å². The monoisotopic (exact) mass is 168 g/mol. The molecule has 0 amide bonds. The Hall–Kier alpha value is -1.03. The van der Waals surface area contributed by atoms with E-state index in [9.17, 15) is 0 Å². The van der Waals surface area contributed by atoms with Gasteiger partial charge in [0.1, 0.15) is 0 Å². The first-order valence-corrected chi connectivity index (χ1v) is 4.15. The molecule has 0 N–H and O–H groups in total. The highest BCUT2D eigenvalue weighted by Gasteiger charge is 2.16. The fourth-order valence-electron chi connectivity index (χ4n) is 1.25. The Labute approximate surface area is 71.5 Å². The summed E-state index contributed by atoms with van der Waals surface area (Å²) >= 11 is 0. The molecule has 0 saturated carbocycles. The average molecular weight is 168 g/mol. The van der Waals surface area contributed by atoms with E-state index in [2.05, 4.69) is 9.89 Å². The van der Waals surface area contributed by atoms with Gasteiger partial charge in [-0.25, -0.2) is 4.99 Å². The lowest BCUT2D eigenvalue weighted by Gasteiger charge is -2.28. The minimum Gasteiger partial charge on any atom is -0.434 e. The zero-order valence-corrected chi connectivity index (χ0v) is 6.90. The first kappa shape index (κ1) is 7.61. The van der Waals surface area contributed by atoms with Gasteiger partial charge in [-0.15, -0.1) is 0 Å². The quantitative estimate of drug-likeness (QED) is 0.519. The second-order valence-electron chi connectivity index (χ2n) is 2.71. The van der Waals surface area contributed by atoms with Crippen molar-refractivity contribution in [2.45, 2.75) is 0 Å². The van der Waals surface area contributed by atoms with Crippen LogP contribution >= 0.6 is 0 Å². The Morgan fingerprint density at radius 3 is 2.83 bits per heavy atom. The molecule has 1 fully saturated rings. The van der Waals surface area contributed by atoms with Crippen LogP contribution in [0.2, 0.25) is 0 Å². The zero-order valence-electron chi connectivity index (χ0n) is 6.90. The van der Waals surface area contributed by atoms with Crippen LogP contribution in [-0.4, -0.2) is 43.8 Å². The van der Waals surface area contributed by atoms with Crippen molar-refractivity contribution < 1.29 is 9.47 Å². The van der Waals surface area contributed by atoms with Crippen LogP contribution in [-0.2, 0) is 9.47 Å². The lowest BCUT2D eigenvalue weighted by molar-refractivity contribution is 0.0592. The average Bonchev–Trinajstić information content (AvgIpc) is 2.21. The molecule has 0 spiro atoms. The molecule has 12 heavy (non-hydrogen) atoms. The molecule has 1 saturated heterocycles. The highest BCUT2D eigenvalue weighted by atomic mass is 16.5. The fraction of sp³-hybridized carbons (Fsp3) is 0.625. The third kappa shape index (κ3) is 1.58. The zero-order chi connectivity index (χ0) is 8.23. The molecule has 0 unspecified atom stereocenters. The van der Waals surface area contributed by atoms with Crippen molar-refractivity contribution in [3.05, 3.63) is 12.3 Å². The number of nitrogens with zero attached hydrogens (tertiary/aromatic N) is 2. The normalized spacial score (nSPS) is 23.3. The molecule has 4 nitrogen and oxygen atoms in total. The molecule has 0 aliphatic carbocycles. The molecule has 0 aromatic carbocycles. The number of hydrogen-bond donors (Lipinski definition) is 0. The van der Waals surface area contributed by atoms with E-state index < -0.39 is 0 Å². The minimum absolute atomic E-state index is 0.729. The third-order valence-corrected chi connectivity index (χ3v) is 1.88. The van der Waals surface area contributed by atoms with Gasteiger partial charge < -0.3 is 14.4 Å². The maximum Gasteiger partial charge on any atom is 0.292 e. The lowest BCUT2D eigenvalue weighted by atomic mass is 10.4. The van der Waals surface area contributed by atoms with Crippen molar-refractivity contribution >= 4 is 6.02 Å². The summed E-state index contributed by atoms with van der Waals surface area (Å²) in [4.78, 5) is 6.34. The predicted octanol–water partition coefficient (Wildman–Crippen LogP) is 0.218. The summed E-state index contributed by atoms with van der Waals surface area (Å²) in [5.41, 5.74) is 0. The molecule has 0 radical (unpaired) electrons. The highest BCUT2D eigenvalue weighted by molar-refractivity contribution is 5.75. The summed E-state index contributed by atoms with van der Waals surface area (Å²) in [6.45, 7) is 4.03. The largest absolute Gasteiger partial charge is 0.434 e. The smallest absolute Gasteiger partial charge is 0.292 e. The summed E-state index contributed by atoms with van der Waals surface area (Å²) in [5.74, 6) is 0. The van der Waals surface area contributed by atoms with Crippen molar-refractivity contribution in [3.8, 4) is 0 Å². The van der Waals surface area contributed by atoms with Gasteiger partial charge in [0.05, 0.1) is 26.0 Å². The predicted molar refractivity (Wildman–Crippen MR) is 44.9 cm³/mol. The molecular weight excluding hydrogens is 156 g/mol. The van der Waals surface area contributed by atoms with Gasteiger partial charge in [-0.3, -0.25) is 0 Å². The van der Waals surface area contributed by atoms with Crippen molar-refractivity contribution in [3.63, 3.8) is 0 Å². The summed E-state index contributed by atoms with van der Waals surface area (Å²) in [7, 11) is 0. The Morgan fingerprint density at radius 2 is 2.17 bits per heavy atom. The fourth-order valence-corrected chi connectivity index (χ4v) is 1.25. The van der Waals surface area contributed by atoms with Gasteiger partial charge in [0.15, 0.2) is 0 Å². The molecule has 2 aliphatic heterocycles. The number of morpholine rings is 1. The molecule has 2 rings (SSSR count). The van der Waals surface area contributed by atoms with E-state index in [0.717, 1.165) is 38.9 Å². The molecular formula is C8H12N2O2. The molecule has 66 valence electrons. The van der Waals surface area contributed by atoms with Gasteiger partial charge in [-0.05, 0) is 6.08 Å². The number of hydrogen-bond acceptors (Lipinski definition) is 4. The minimum atomic E-state index is 0.729. The SMILES string of the molecule is C1=COC(N2CCOCC2)=NC1. The van der Waals surface area contributed by atoms with Crippen LogP contribution in [0.5, 0.6) is 0 Å². The Bertz CT molecular complexity index is 207. The van der Waals surface area contributed by atoms with Crippen molar-refractivity contribution in [2.75, 3.05) is 32.8 Å². The third-order valence-electron chi connectivity index (χ3n) is 1.88. The number of amidine groups is 1. The van der Waals surface area contributed by atoms with Gasteiger partial charge in [0.2, 0.25) is 0 Å². The first-order valence-electron chi connectivity index (χ1n) is 4.15. The number of aliphatic imine (C=N–C) groups is 1. The first-order chi connectivity index (χ1) is 5.97. The maximum atomic E-state index is 5.26. The van der Waals surface area contributed by atoms with E-state index in [1.165, 1.54) is 0 Å². The number of ether oxygens (including phenoxy) is 2. The second-order valence-corrected chi connectivity index (χ2v) is 2.71. The van der Waals surface area contributed by atoms with Gasteiger partial charge >= 0.3 is 0 Å². The van der Waals surface area contributed by atoms with E-state index in [-0.39, 0.29) is 0 Å².